The lowest BCUT2D eigenvalue weighted by molar-refractivity contribution is -0.190. The molecule has 1 saturated heterocycles. The third kappa shape index (κ3) is 7.22. The van der Waals surface area contributed by atoms with Gasteiger partial charge in [0.05, 0.1) is 17.9 Å². The Balaban J connectivity index is 2.00. The summed E-state index contributed by atoms with van der Waals surface area (Å²) in [4.78, 5) is 13.2. The number of rotatable bonds is 7. The lowest BCUT2D eigenvalue weighted by Crippen LogP contribution is -2.44. The molecule has 2 aromatic carbocycles. The molecule has 1 N–H and O–H groups in total. The molecule has 3 nitrogen and oxygen atoms in total. The second-order valence-corrected chi connectivity index (χ2v) is 9.62. The van der Waals surface area contributed by atoms with Gasteiger partial charge in [-0.25, -0.2) is 0 Å². The summed E-state index contributed by atoms with van der Waals surface area (Å²) in [6.07, 6.45) is -8.15. The normalized spacial score (nSPS) is 19.8. The highest BCUT2D eigenvalue weighted by Crippen LogP contribution is 2.42. The van der Waals surface area contributed by atoms with E-state index in [1.807, 2.05) is 18.7 Å². The van der Waals surface area contributed by atoms with E-state index in [9.17, 15) is 36.2 Å². The van der Waals surface area contributed by atoms with Crippen LogP contribution in [0, 0.1) is 11.8 Å². The summed E-state index contributed by atoms with van der Waals surface area (Å²) in [5.41, 5.74) is 1.35. The van der Waals surface area contributed by atoms with E-state index in [-0.39, 0.29) is 31.8 Å². The molecule has 1 fully saturated rings. The summed E-state index contributed by atoms with van der Waals surface area (Å²) in [7, 11) is 0. The van der Waals surface area contributed by atoms with Gasteiger partial charge in [-0.3, -0.25) is 9.69 Å². The molecular formula is C26H29F6NO2. The first-order chi connectivity index (χ1) is 16.2. The van der Waals surface area contributed by atoms with Crippen molar-refractivity contribution in [1.82, 2.24) is 4.90 Å². The molecule has 0 bridgehead atoms. The van der Waals surface area contributed by atoms with Gasteiger partial charge in [0.1, 0.15) is 0 Å². The first-order valence-corrected chi connectivity index (χ1v) is 11.6. The molecule has 9 heteroatoms. The second-order valence-electron chi connectivity index (χ2n) is 9.62. The molecule has 0 spiro atoms. The van der Waals surface area contributed by atoms with E-state index in [2.05, 4.69) is 0 Å². The minimum Gasteiger partial charge on any atom is -0.481 e. The number of aliphatic carboxylic acids is 1. The van der Waals surface area contributed by atoms with Crippen LogP contribution in [0.5, 0.6) is 0 Å². The van der Waals surface area contributed by atoms with Gasteiger partial charge in [-0.05, 0) is 72.2 Å². The number of benzene rings is 2. The van der Waals surface area contributed by atoms with E-state index in [4.69, 9.17) is 0 Å². The number of hydrogen-bond acceptors (Lipinski definition) is 2. The Morgan fingerprint density at radius 3 is 2.20 bits per heavy atom. The number of carbonyl (C=O) groups is 1. The zero-order valence-electron chi connectivity index (χ0n) is 19.6. The third-order valence-electron chi connectivity index (χ3n) is 6.44. The van der Waals surface area contributed by atoms with E-state index in [0.29, 0.717) is 41.1 Å². The molecule has 1 aliphatic heterocycles. The van der Waals surface area contributed by atoms with Crippen molar-refractivity contribution < 1.29 is 36.2 Å². The maximum absolute atomic E-state index is 13.5. The van der Waals surface area contributed by atoms with E-state index in [0.717, 1.165) is 12.1 Å². The molecule has 192 valence electrons. The molecule has 0 aromatic heterocycles. The Kier molecular flexibility index (Phi) is 8.19. The molecule has 0 radical (unpaired) electrons. The monoisotopic (exact) mass is 501 g/mol. The summed E-state index contributed by atoms with van der Waals surface area (Å²) in [6, 6.07) is 9.30. The predicted molar refractivity (Wildman–Crippen MR) is 121 cm³/mol. The Bertz CT molecular complexity index is 1010. The van der Waals surface area contributed by atoms with Crippen molar-refractivity contribution >= 4 is 5.97 Å². The number of likely N-dealkylation sites (tertiary alicyclic amines) is 1. The lowest BCUT2D eigenvalue weighted by atomic mass is 9.86. The van der Waals surface area contributed by atoms with Gasteiger partial charge in [-0.1, -0.05) is 38.1 Å². The molecule has 0 amide bonds. The Hall–Kier alpha value is -2.55. The summed E-state index contributed by atoms with van der Waals surface area (Å²) < 4.78 is 79.4. The van der Waals surface area contributed by atoms with Crippen molar-refractivity contribution in [2.75, 3.05) is 13.1 Å². The van der Waals surface area contributed by atoms with Crippen LogP contribution in [0.15, 0.2) is 42.5 Å². The predicted octanol–water partition coefficient (Wildman–Crippen LogP) is 7.36. The summed E-state index contributed by atoms with van der Waals surface area (Å²) >= 11 is 0. The highest BCUT2D eigenvalue weighted by atomic mass is 19.4. The van der Waals surface area contributed by atoms with Crippen LogP contribution < -0.4 is 0 Å². The maximum Gasteiger partial charge on any atom is 0.416 e. The zero-order chi connectivity index (χ0) is 26.0. The summed E-state index contributed by atoms with van der Waals surface area (Å²) in [5, 5.41) is 9.32. The second kappa shape index (κ2) is 10.6. The van der Waals surface area contributed by atoms with Gasteiger partial charge in [0, 0.05) is 12.6 Å². The minimum atomic E-state index is -4.48. The zero-order valence-corrected chi connectivity index (χ0v) is 19.6. The number of nitrogens with zero attached hydrogens (tertiary/aromatic N) is 1. The van der Waals surface area contributed by atoms with Crippen molar-refractivity contribution in [2.24, 2.45) is 11.8 Å². The molecule has 0 aliphatic carbocycles. The van der Waals surface area contributed by atoms with Crippen LogP contribution in [0.1, 0.15) is 55.8 Å². The smallest absolute Gasteiger partial charge is 0.416 e. The number of hydrogen-bond donors (Lipinski definition) is 1. The highest BCUT2D eigenvalue weighted by molar-refractivity contribution is 5.73. The van der Waals surface area contributed by atoms with Crippen molar-refractivity contribution in [3.05, 3.63) is 59.2 Å². The van der Waals surface area contributed by atoms with Gasteiger partial charge < -0.3 is 5.11 Å². The SMILES string of the molecule is CC(C)CCN1CC(C(F)(F)F)CCC1c1cc(CC(=O)O)cc(-c2ccc(C(F)(F)F)cc2)c1. The molecule has 1 heterocycles. The first-order valence-electron chi connectivity index (χ1n) is 11.6. The van der Waals surface area contributed by atoms with Crippen LogP contribution in [0.25, 0.3) is 11.1 Å². The van der Waals surface area contributed by atoms with Crippen LogP contribution >= 0.6 is 0 Å². The molecule has 1 aliphatic rings. The van der Waals surface area contributed by atoms with E-state index in [1.54, 1.807) is 18.2 Å². The Morgan fingerprint density at radius 2 is 1.66 bits per heavy atom. The molecule has 2 aromatic rings. The van der Waals surface area contributed by atoms with Crippen molar-refractivity contribution in [3.63, 3.8) is 0 Å². The van der Waals surface area contributed by atoms with Crippen molar-refractivity contribution in [2.45, 2.75) is 57.9 Å². The lowest BCUT2D eigenvalue weighted by Gasteiger charge is -2.41. The topological polar surface area (TPSA) is 40.5 Å². The van der Waals surface area contributed by atoms with Gasteiger partial charge >= 0.3 is 18.3 Å². The molecule has 2 unspecified atom stereocenters. The van der Waals surface area contributed by atoms with E-state index in [1.165, 1.54) is 12.1 Å². The van der Waals surface area contributed by atoms with Gasteiger partial charge in [0.2, 0.25) is 0 Å². The summed E-state index contributed by atoms with van der Waals surface area (Å²) in [5.74, 6) is -2.21. The fraction of sp³-hybridized carbons (Fsp3) is 0.500. The van der Waals surface area contributed by atoms with E-state index >= 15 is 0 Å². The average Bonchev–Trinajstić information content (AvgIpc) is 2.75. The molecule has 3 rings (SSSR count). The van der Waals surface area contributed by atoms with Crippen LogP contribution in [0.2, 0.25) is 0 Å². The van der Waals surface area contributed by atoms with Crippen LogP contribution in [0.4, 0.5) is 26.3 Å². The number of carboxylic acid groups (broad SMARTS) is 1. The highest BCUT2D eigenvalue weighted by Gasteiger charge is 2.44. The van der Waals surface area contributed by atoms with Crippen molar-refractivity contribution in [1.29, 1.82) is 0 Å². The summed E-state index contributed by atoms with van der Waals surface area (Å²) in [6.45, 7) is 4.32. The van der Waals surface area contributed by atoms with E-state index < -0.39 is 29.8 Å². The molecule has 35 heavy (non-hydrogen) atoms. The number of alkyl halides is 6. The molecule has 0 saturated carbocycles. The third-order valence-corrected chi connectivity index (χ3v) is 6.44. The Morgan fingerprint density at radius 1 is 1.00 bits per heavy atom. The fourth-order valence-corrected chi connectivity index (χ4v) is 4.56. The fourth-order valence-electron chi connectivity index (χ4n) is 4.56. The first kappa shape index (κ1) is 27.0. The van der Waals surface area contributed by atoms with Gasteiger partial charge in [0.25, 0.3) is 0 Å². The van der Waals surface area contributed by atoms with Crippen LogP contribution in [-0.2, 0) is 17.4 Å². The molecule has 2 atom stereocenters. The van der Waals surface area contributed by atoms with Crippen LogP contribution in [-0.4, -0.2) is 35.2 Å². The standard InChI is InChI=1S/C26H29F6NO2/c1-16(2)9-10-33-15-22(26(30,31)32)7-8-23(33)20-12-17(13-24(34)35)11-19(14-20)18-3-5-21(6-4-18)25(27,28)29/h3-6,11-12,14,16,22-23H,7-10,13,15H2,1-2H3,(H,34,35). The van der Waals surface area contributed by atoms with Gasteiger partial charge in [-0.2, -0.15) is 26.3 Å². The minimum absolute atomic E-state index is 0.0366. The van der Waals surface area contributed by atoms with Crippen molar-refractivity contribution in [3.8, 4) is 11.1 Å². The largest absolute Gasteiger partial charge is 0.481 e. The Labute approximate surface area is 200 Å². The quantitative estimate of drug-likeness (QED) is 0.403. The van der Waals surface area contributed by atoms with Crippen LogP contribution in [0.3, 0.4) is 0 Å². The number of carboxylic acids is 1. The maximum atomic E-state index is 13.5. The average molecular weight is 502 g/mol. The number of halogens is 6. The van der Waals surface area contributed by atoms with Gasteiger partial charge in [0.15, 0.2) is 0 Å². The number of piperidine rings is 1. The molecular weight excluding hydrogens is 472 g/mol. The van der Waals surface area contributed by atoms with Gasteiger partial charge in [-0.15, -0.1) is 0 Å².